The Hall–Kier alpha value is -1.39. The van der Waals surface area contributed by atoms with Gasteiger partial charge in [-0.25, -0.2) is 0 Å². The summed E-state index contributed by atoms with van der Waals surface area (Å²) in [5.41, 5.74) is 0.883. The van der Waals surface area contributed by atoms with Crippen molar-refractivity contribution in [2.24, 2.45) is 0 Å². The minimum Gasteiger partial charge on any atom is -0.262 e. The van der Waals surface area contributed by atoms with Gasteiger partial charge in [-0.05, 0) is 23.3 Å². The quantitative estimate of drug-likeness (QED) is 0.787. The molecule has 4 heteroatoms. The fourth-order valence-corrected chi connectivity index (χ4v) is 2.55. The normalized spacial score (nSPS) is 13.8. The lowest BCUT2D eigenvalue weighted by molar-refractivity contribution is 0.238. The minimum absolute atomic E-state index is 0.476. The molecule has 3 nitrogen and oxygen atoms in total. The smallest absolute Gasteiger partial charge is 0.262 e. The summed E-state index contributed by atoms with van der Waals surface area (Å²) in [5, 5.41) is 2.10. The molecule has 0 saturated heterocycles. The highest BCUT2D eigenvalue weighted by molar-refractivity contribution is 7.86. The van der Waals surface area contributed by atoms with E-state index in [0.29, 0.717) is 0 Å². The predicted molar refractivity (Wildman–Crippen MR) is 68.3 cm³/mol. The van der Waals surface area contributed by atoms with Gasteiger partial charge in [-0.2, -0.15) is 8.42 Å². The van der Waals surface area contributed by atoms with E-state index in [2.05, 4.69) is 0 Å². The topological polar surface area (TPSA) is 43.4 Å². The van der Waals surface area contributed by atoms with Crippen molar-refractivity contribution in [2.75, 3.05) is 6.26 Å². The van der Waals surface area contributed by atoms with E-state index in [1.54, 1.807) is 6.92 Å². The maximum Gasteiger partial charge on any atom is 0.264 e. The third kappa shape index (κ3) is 2.84. The number of hydrogen-bond donors (Lipinski definition) is 0. The Labute approximate surface area is 101 Å². The van der Waals surface area contributed by atoms with E-state index in [0.717, 1.165) is 22.6 Å². The molecule has 0 heterocycles. The lowest BCUT2D eigenvalue weighted by atomic mass is 10.0. The zero-order valence-corrected chi connectivity index (χ0v) is 10.6. The first kappa shape index (κ1) is 12.1. The maximum atomic E-state index is 11.1. The van der Waals surface area contributed by atoms with Gasteiger partial charge in [0.1, 0.15) is 0 Å². The average Bonchev–Trinajstić information content (AvgIpc) is 2.26. The van der Waals surface area contributed by atoms with Crippen LogP contribution < -0.4 is 0 Å². The number of benzene rings is 2. The van der Waals surface area contributed by atoms with Gasteiger partial charge in [0.05, 0.1) is 12.4 Å². The van der Waals surface area contributed by atoms with Crippen LogP contribution in [-0.4, -0.2) is 14.7 Å². The van der Waals surface area contributed by atoms with E-state index in [-0.39, 0.29) is 0 Å². The van der Waals surface area contributed by atoms with E-state index in [1.165, 1.54) is 0 Å². The molecule has 0 unspecified atom stereocenters. The summed E-state index contributed by atoms with van der Waals surface area (Å²) in [4.78, 5) is 0. The molecule has 0 aliphatic carbocycles. The molecular formula is C13H14O3S. The standard InChI is InChI=1S/C13H14O3S/c1-10(16-17(2,14)15)12-9-5-7-11-6-3-4-8-13(11)12/h3-10H,1-2H3/t10-/m0/s1. The van der Waals surface area contributed by atoms with E-state index in [4.69, 9.17) is 4.18 Å². The highest BCUT2D eigenvalue weighted by Gasteiger charge is 2.14. The van der Waals surface area contributed by atoms with Gasteiger partial charge in [0.2, 0.25) is 0 Å². The SMILES string of the molecule is C[C@H](OS(C)(=O)=O)c1cccc2ccccc12. The van der Waals surface area contributed by atoms with Crippen LogP contribution in [0, 0.1) is 0 Å². The molecule has 90 valence electrons. The van der Waals surface area contributed by atoms with Gasteiger partial charge >= 0.3 is 0 Å². The van der Waals surface area contributed by atoms with Crippen molar-refractivity contribution < 1.29 is 12.6 Å². The van der Waals surface area contributed by atoms with Crippen LogP contribution in [0.2, 0.25) is 0 Å². The van der Waals surface area contributed by atoms with Crippen LogP contribution >= 0.6 is 0 Å². The highest BCUT2D eigenvalue weighted by atomic mass is 32.2. The van der Waals surface area contributed by atoms with Gasteiger partial charge in [0.15, 0.2) is 0 Å². The van der Waals surface area contributed by atoms with E-state index in [9.17, 15) is 8.42 Å². The Balaban J connectivity index is 2.48. The summed E-state index contributed by atoms with van der Waals surface area (Å²) in [6, 6.07) is 13.6. The van der Waals surface area contributed by atoms with Crippen LogP contribution in [0.1, 0.15) is 18.6 Å². The van der Waals surface area contributed by atoms with Crippen LogP contribution in [0.15, 0.2) is 42.5 Å². The van der Waals surface area contributed by atoms with Crippen LogP contribution in [0.4, 0.5) is 0 Å². The van der Waals surface area contributed by atoms with Crippen molar-refractivity contribution in [3.8, 4) is 0 Å². The van der Waals surface area contributed by atoms with Crippen molar-refractivity contribution in [3.63, 3.8) is 0 Å². The third-order valence-corrected chi connectivity index (χ3v) is 3.22. The van der Waals surface area contributed by atoms with Gasteiger partial charge in [0, 0.05) is 0 Å². The Morgan fingerprint density at radius 1 is 1.06 bits per heavy atom. The van der Waals surface area contributed by atoms with Crippen molar-refractivity contribution >= 4 is 20.9 Å². The van der Waals surface area contributed by atoms with Crippen molar-refractivity contribution in [1.29, 1.82) is 0 Å². The van der Waals surface area contributed by atoms with Crippen LogP contribution in [-0.2, 0) is 14.3 Å². The fraction of sp³-hybridized carbons (Fsp3) is 0.231. The fourth-order valence-electron chi connectivity index (χ4n) is 1.92. The molecule has 0 aliphatic rings. The Bertz CT molecular complexity index is 627. The molecule has 0 amide bonds. The number of rotatable bonds is 3. The summed E-state index contributed by atoms with van der Waals surface area (Å²) >= 11 is 0. The molecule has 2 rings (SSSR count). The highest BCUT2D eigenvalue weighted by Crippen LogP contribution is 2.27. The molecular weight excluding hydrogens is 236 g/mol. The van der Waals surface area contributed by atoms with Crippen molar-refractivity contribution in [1.82, 2.24) is 0 Å². The second kappa shape index (κ2) is 4.47. The van der Waals surface area contributed by atoms with Gasteiger partial charge in [-0.1, -0.05) is 42.5 Å². The van der Waals surface area contributed by atoms with Crippen LogP contribution in [0.5, 0.6) is 0 Å². The number of fused-ring (bicyclic) bond motifs is 1. The first-order valence-electron chi connectivity index (χ1n) is 5.33. The lowest BCUT2D eigenvalue weighted by Crippen LogP contribution is -2.07. The summed E-state index contributed by atoms with van der Waals surface area (Å²) in [6.45, 7) is 1.74. The Morgan fingerprint density at radius 3 is 2.41 bits per heavy atom. The Kier molecular flexibility index (Phi) is 3.17. The molecule has 2 aromatic carbocycles. The molecule has 0 fully saturated rings. The first-order chi connectivity index (χ1) is 7.97. The lowest BCUT2D eigenvalue weighted by Gasteiger charge is -2.13. The van der Waals surface area contributed by atoms with Crippen LogP contribution in [0.25, 0.3) is 10.8 Å². The maximum absolute atomic E-state index is 11.1. The molecule has 0 saturated carbocycles. The monoisotopic (exact) mass is 250 g/mol. The summed E-state index contributed by atoms with van der Waals surface area (Å²) in [5.74, 6) is 0. The second-order valence-corrected chi connectivity index (χ2v) is 5.61. The van der Waals surface area contributed by atoms with E-state index < -0.39 is 16.2 Å². The Morgan fingerprint density at radius 2 is 1.71 bits per heavy atom. The average molecular weight is 250 g/mol. The van der Waals surface area contributed by atoms with Crippen molar-refractivity contribution in [2.45, 2.75) is 13.0 Å². The van der Waals surface area contributed by atoms with Crippen LogP contribution in [0.3, 0.4) is 0 Å². The minimum atomic E-state index is -3.44. The van der Waals surface area contributed by atoms with Gasteiger partial charge in [-0.15, -0.1) is 0 Å². The molecule has 0 radical (unpaired) electrons. The van der Waals surface area contributed by atoms with Gasteiger partial charge < -0.3 is 0 Å². The molecule has 0 N–H and O–H groups in total. The van der Waals surface area contributed by atoms with E-state index in [1.807, 2.05) is 42.5 Å². The third-order valence-electron chi connectivity index (χ3n) is 2.58. The molecule has 0 bridgehead atoms. The molecule has 17 heavy (non-hydrogen) atoms. The summed E-state index contributed by atoms with van der Waals surface area (Å²) < 4.78 is 27.3. The van der Waals surface area contributed by atoms with Gasteiger partial charge in [0.25, 0.3) is 10.1 Å². The van der Waals surface area contributed by atoms with E-state index >= 15 is 0 Å². The molecule has 1 atom stereocenters. The van der Waals surface area contributed by atoms with Crippen molar-refractivity contribution in [3.05, 3.63) is 48.0 Å². The van der Waals surface area contributed by atoms with Gasteiger partial charge in [-0.3, -0.25) is 4.18 Å². The summed E-state index contributed by atoms with van der Waals surface area (Å²) in [6.07, 6.45) is 0.588. The molecule has 2 aromatic rings. The molecule has 0 aliphatic heterocycles. The largest absolute Gasteiger partial charge is 0.264 e. The zero-order chi connectivity index (χ0) is 12.5. The molecule has 0 spiro atoms. The second-order valence-electron chi connectivity index (χ2n) is 4.01. The zero-order valence-electron chi connectivity index (χ0n) is 9.75. The number of hydrogen-bond acceptors (Lipinski definition) is 3. The summed E-state index contributed by atoms with van der Waals surface area (Å²) in [7, 11) is -3.44. The molecule has 0 aromatic heterocycles. The predicted octanol–water partition coefficient (Wildman–Crippen LogP) is 2.88. The first-order valence-corrected chi connectivity index (χ1v) is 7.15.